The maximum atomic E-state index is 14.4. The van der Waals surface area contributed by atoms with Gasteiger partial charge in [-0.25, -0.2) is 4.39 Å². The number of rotatable bonds is 5. The van der Waals surface area contributed by atoms with E-state index in [-0.39, 0.29) is 11.9 Å². The molecule has 0 unspecified atom stereocenters. The molecule has 0 radical (unpaired) electrons. The zero-order valence-electron chi connectivity index (χ0n) is 12.9. The summed E-state index contributed by atoms with van der Waals surface area (Å²) >= 11 is 0. The number of allylic oxidation sites excluding steroid dienone is 2. The van der Waals surface area contributed by atoms with Gasteiger partial charge < -0.3 is 4.74 Å². The van der Waals surface area contributed by atoms with Crippen molar-refractivity contribution in [3.63, 3.8) is 0 Å². The second-order valence-electron chi connectivity index (χ2n) is 6.51. The van der Waals surface area contributed by atoms with E-state index in [4.69, 9.17) is 4.74 Å². The fourth-order valence-corrected chi connectivity index (χ4v) is 3.22. The molecule has 0 aliphatic heterocycles. The highest BCUT2D eigenvalue weighted by atomic mass is 19.1. The van der Waals surface area contributed by atoms with Crippen LogP contribution in [0, 0.1) is 18.7 Å². The molecule has 1 aromatic rings. The van der Waals surface area contributed by atoms with Crippen molar-refractivity contribution in [2.45, 2.75) is 64.4 Å². The minimum Gasteiger partial charge on any atom is -0.487 e. The van der Waals surface area contributed by atoms with Gasteiger partial charge in [0, 0.05) is 0 Å². The number of ether oxygens (including phenoxy) is 1. The van der Waals surface area contributed by atoms with Crippen LogP contribution >= 0.6 is 0 Å². The molecule has 2 heteroatoms. The summed E-state index contributed by atoms with van der Waals surface area (Å²) in [5, 5.41) is 0. The largest absolute Gasteiger partial charge is 0.487 e. The van der Waals surface area contributed by atoms with E-state index in [0.717, 1.165) is 36.3 Å². The molecule has 0 N–H and O–H groups in total. The van der Waals surface area contributed by atoms with Crippen LogP contribution in [0.5, 0.6) is 5.75 Å². The Morgan fingerprint density at radius 1 is 1.14 bits per heavy atom. The number of hydrogen-bond donors (Lipinski definition) is 0. The van der Waals surface area contributed by atoms with Crippen LogP contribution in [0.25, 0.3) is 0 Å². The van der Waals surface area contributed by atoms with Crippen LogP contribution < -0.4 is 4.74 Å². The van der Waals surface area contributed by atoms with E-state index < -0.39 is 0 Å². The van der Waals surface area contributed by atoms with Gasteiger partial charge in [0.05, 0.1) is 6.10 Å². The van der Waals surface area contributed by atoms with Crippen LogP contribution in [0.2, 0.25) is 0 Å². The summed E-state index contributed by atoms with van der Waals surface area (Å²) in [4.78, 5) is 0. The Morgan fingerprint density at radius 3 is 2.57 bits per heavy atom. The van der Waals surface area contributed by atoms with Crippen LogP contribution in [0.3, 0.4) is 0 Å². The van der Waals surface area contributed by atoms with Crippen molar-refractivity contribution >= 4 is 0 Å². The smallest absolute Gasteiger partial charge is 0.168 e. The fourth-order valence-electron chi connectivity index (χ4n) is 3.22. The molecule has 2 aliphatic carbocycles. The van der Waals surface area contributed by atoms with Gasteiger partial charge in [-0.05, 0) is 75.0 Å². The van der Waals surface area contributed by atoms with Crippen LogP contribution in [0.4, 0.5) is 4.39 Å². The fraction of sp³-hybridized carbons (Fsp3) is 0.579. The molecule has 2 fully saturated rings. The SMILES string of the molecule is Cc1c(C/C=C/C2CCC2)ccc(OC2CCCC2)c1F. The molecule has 0 atom stereocenters. The summed E-state index contributed by atoms with van der Waals surface area (Å²) in [6.45, 7) is 1.86. The van der Waals surface area contributed by atoms with Gasteiger partial charge in [-0.3, -0.25) is 0 Å². The van der Waals surface area contributed by atoms with Gasteiger partial charge in [-0.15, -0.1) is 0 Å². The molecule has 0 aromatic heterocycles. The average Bonchev–Trinajstić information content (AvgIpc) is 2.93. The predicted octanol–water partition coefficient (Wildman–Crippen LogP) is 5.35. The summed E-state index contributed by atoms with van der Waals surface area (Å²) in [5.74, 6) is 1.03. The number of benzene rings is 1. The van der Waals surface area contributed by atoms with Crippen molar-refractivity contribution in [2.75, 3.05) is 0 Å². The first-order valence-electron chi connectivity index (χ1n) is 8.35. The third kappa shape index (κ3) is 3.48. The van der Waals surface area contributed by atoms with E-state index in [1.165, 1.54) is 32.1 Å². The molecule has 21 heavy (non-hydrogen) atoms. The first-order valence-corrected chi connectivity index (χ1v) is 8.35. The van der Waals surface area contributed by atoms with Crippen LogP contribution in [0.15, 0.2) is 24.3 Å². The molecule has 0 heterocycles. The Morgan fingerprint density at radius 2 is 1.90 bits per heavy atom. The number of halogens is 1. The maximum Gasteiger partial charge on any atom is 0.168 e. The Kier molecular flexibility index (Phi) is 4.62. The minimum atomic E-state index is -0.170. The highest BCUT2D eigenvalue weighted by molar-refractivity contribution is 5.38. The van der Waals surface area contributed by atoms with Crippen molar-refractivity contribution in [3.05, 3.63) is 41.2 Å². The molecule has 2 saturated carbocycles. The first-order chi connectivity index (χ1) is 10.2. The van der Waals surface area contributed by atoms with Gasteiger partial charge >= 0.3 is 0 Å². The highest BCUT2D eigenvalue weighted by Crippen LogP contribution is 2.30. The van der Waals surface area contributed by atoms with Crippen LogP contribution in [-0.4, -0.2) is 6.10 Å². The van der Waals surface area contributed by atoms with Crippen molar-refractivity contribution in [3.8, 4) is 5.75 Å². The van der Waals surface area contributed by atoms with Crippen molar-refractivity contribution in [2.24, 2.45) is 5.92 Å². The standard InChI is InChI=1S/C19H25FO/c1-14-16(9-5-8-15-6-4-7-15)12-13-18(19(14)20)21-17-10-2-3-11-17/h5,8,12-13,15,17H,2-4,6-7,9-11H2,1H3/b8-5+. The van der Waals surface area contributed by atoms with E-state index in [1.807, 2.05) is 19.1 Å². The Hall–Kier alpha value is -1.31. The Balaban J connectivity index is 1.65. The van der Waals surface area contributed by atoms with E-state index in [1.54, 1.807) is 0 Å². The highest BCUT2D eigenvalue weighted by Gasteiger charge is 2.19. The minimum absolute atomic E-state index is 0.170. The second-order valence-corrected chi connectivity index (χ2v) is 6.51. The van der Waals surface area contributed by atoms with Crippen molar-refractivity contribution in [1.29, 1.82) is 0 Å². The van der Waals surface area contributed by atoms with Gasteiger partial charge in [0.1, 0.15) is 0 Å². The molecule has 3 rings (SSSR count). The molecule has 1 aromatic carbocycles. The zero-order chi connectivity index (χ0) is 14.7. The van der Waals surface area contributed by atoms with E-state index in [2.05, 4.69) is 12.2 Å². The van der Waals surface area contributed by atoms with E-state index in [0.29, 0.717) is 5.75 Å². The third-order valence-electron chi connectivity index (χ3n) is 4.95. The molecule has 0 saturated heterocycles. The lowest BCUT2D eigenvalue weighted by atomic mass is 9.85. The van der Waals surface area contributed by atoms with E-state index >= 15 is 0 Å². The quantitative estimate of drug-likeness (QED) is 0.663. The second kappa shape index (κ2) is 6.64. The zero-order valence-corrected chi connectivity index (χ0v) is 12.9. The van der Waals surface area contributed by atoms with Gasteiger partial charge in [0.25, 0.3) is 0 Å². The Labute approximate surface area is 127 Å². The van der Waals surface area contributed by atoms with Gasteiger partial charge in [-0.1, -0.05) is 24.6 Å². The summed E-state index contributed by atoms with van der Waals surface area (Å²) in [5.41, 5.74) is 1.81. The average molecular weight is 288 g/mol. The monoisotopic (exact) mass is 288 g/mol. The topological polar surface area (TPSA) is 9.23 Å². The lowest BCUT2D eigenvalue weighted by Gasteiger charge is -2.21. The number of hydrogen-bond acceptors (Lipinski definition) is 1. The molecule has 0 amide bonds. The van der Waals surface area contributed by atoms with Crippen molar-refractivity contribution in [1.82, 2.24) is 0 Å². The molecule has 1 nitrogen and oxygen atoms in total. The Bertz CT molecular complexity index is 511. The summed E-state index contributed by atoms with van der Waals surface area (Å²) in [6, 6.07) is 3.83. The first kappa shape index (κ1) is 14.6. The lowest BCUT2D eigenvalue weighted by molar-refractivity contribution is 0.200. The molecule has 0 spiro atoms. The van der Waals surface area contributed by atoms with E-state index in [9.17, 15) is 4.39 Å². The maximum absolute atomic E-state index is 14.4. The lowest BCUT2D eigenvalue weighted by Crippen LogP contribution is -2.12. The summed E-state index contributed by atoms with van der Waals surface area (Å²) < 4.78 is 20.2. The molecule has 0 bridgehead atoms. The van der Waals surface area contributed by atoms with Gasteiger partial charge in [-0.2, -0.15) is 0 Å². The molecular weight excluding hydrogens is 263 g/mol. The van der Waals surface area contributed by atoms with Crippen LogP contribution in [0.1, 0.15) is 56.1 Å². The predicted molar refractivity (Wildman–Crippen MR) is 84.2 cm³/mol. The molecular formula is C19H25FO. The molecule has 114 valence electrons. The van der Waals surface area contributed by atoms with Gasteiger partial charge in [0.15, 0.2) is 11.6 Å². The summed E-state index contributed by atoms with van der Waals surface area (Å²) in [7, 11) is 0. The van der Waals surface area contributed by atoms with Crippen LogP contribution in [-0.2, 0) is 6.42 Å². The normalized spacial score (nSPS) is 20.1. The van der Waals surface area contributed by atoms with Gasteiger partial charge in [0.2, 0.25) is 0 Å². The van der Waals surface area contributed by atoms with Crippen molar-refractivity contribution < 1.29 is 9.13 Å². The third-order valence-corrected chi connectivity index (χ3v) is 4.95. The molecule has 2 aliphatic rings. The summed E-state index contributed by atoms with van der Waals surface area (Å²) in [6.07, 6.45) is 14.0.